The number of carbonyl (C=O) groups excluding carboxylic acids is 1. The predicted molar refractivity (Wildman–Crippen MR) is 55.8 cm³/mol. The number of esters is 1. The number of ether oxygens (including phenoxy) is 1. The van der Waals surface area contributed by atoms with E-state index >= 15 is 0 Å². The maximum atomic E-state index is 13.3. The molecule has 88 valence electrons. The van der Waals surface area contributed by atoms with Crippen LogP contribution < -0.4 is 0 Å². The van der Waals surface area contributed by atoms with Crippen molar-refractivity contribution in [1.29, 1.82) is 0 Å². The molecule has 0 atom stereocenters. The third-order valence-electron chi connectivity index (χ3n) is 1.69. The van der Waals surface area contributed by atoms with E-state index in [0.29, 0.717) is 6.07 Å². The van der Waals surface area contributed by atoms with Crippen LogP contribution in [-0.4, -0.2) is 21.5 Å². The van der Waals surface area contributed by atoms with Gasteiger partial charge in [0.2, 0.25) is 0 Å². The monoisotopic (exact) mass is 286 g/mol. The maximum absolute atomic E-state index is 13.3. The minimum atomic E-state index is -4.24. The van der Waals surface area contributed by atoms with Gasteiger partial charge in [0.15, 0.2) is 0 Å². The van der Waals surface area contributed by atoms with Crippen LogP contribution in [0, 0.1) is 5.82 Å². The van der Waals surface area contributed by atoms with E-state index in [4.69, 9.17) is 22.3 Å². The van der Waals surface area contributed by atoms with E-state index in [-0.39, 0.29) is 10.6 Å². The molecule has 0 saturated heterocycles. The van der Waals surface area contributed by atoms with Gasteiger partial charge in [-0.2, -0.15) is 0 Å². The van der Waals surface area contributed by atoms with Crippen LogP contribution in [0.25, 0.3) is 0 Å². The first-order chi connectivity index (χ1) is 7.27. The molecular weight excluding hydrogens is 282 g/mol. The van der Waals surface area contributed by atoms with E-state index in [1.807, 2.05) is 0 Å². The van der Waals surface area contributed by atoms with E-state index < -0.39 is 25.7 Å². The number of hydrogen-bond acceptors (Lipinski definition) is 4. The standard InChI is InChI=1S/C8H5Cl2FO4S/c1-15-8(12)4-2-6(11)7(3-5(4)9)16(10,13)14/h2-3H,1H3. The summed E-state index contributed by atoms with van der Waals surface area (Å²) in [5.74, 6) is -2.04. The van der Waals surface area contributed by atoms with Crippen molar-refractivity contribution in [2.24, 2.45) is 0 Å². The Balaban J connectivity index is 3.45. The number of benzene rings is 1. The summed E-state index contributed by atoms with van der Waals surface area (Å²) in [4.78, 5) is 10.3. The Morgan fingerprint density at radius 1 is 1.44 bits per heavy atom. The highest BCUT2D eigenvalue weighted by molar-refractivity contribution is 8.13. The number of halogens is 3. The fourth-order valence-corrected chi connectivity index (χ4v) is 2.19. The smallest absolute Gasteiger partial charge is 0.339 e. The molecule has 8 heteroatoms. The third kappa shape index (κ3) is 2.63. The first kappa shape index (κ1) is 13.2. The molecule has 0 unspecified atom stereocenters. The Morgan fingerprint density at radius 3 is 2.44 bits per heavy atom. The lowest BCUT2D eigenvalue weighted by Crippen LogP contribution is -2.05. The normalized spacial score (nSPS) is 11.2. The molecule has 0 aliphatic heterocycles. The van der Waals surface area contributed by atoms with Gasteiger partial charge in [0.25, 0.3) is 9.05 Å². The Hall–Kier alpha value is -0.850. The lowest BCUT2D eigenvalue weighted by molar-refractivity contribution is 0.0600. The largest absolute Gasteiger partial charge is 0.465 e. The van der Waals surface area contributed by atoms with E-state index in [1.54, 1.807) is 0 Å². The second-order valence-electron chi connectivity index (χ2n) is 2.69. The summed E-state index contributed by atoms with van der Waals surface area (Å²) in [7, 11) is 1.80. The van der Waals surface area contributed by atoms with Crippen LogP contribution in [0.2, 0.25) is 5.02 Å². The average molecular weight is 287 g/mol. The summed E-state index contributed by atoms with van der Waals surface area (Å²) in [5.41, 5.74) is -0.272. The quantitative estimate of drug-likeness (QED) is 0.618. The summed E-state index contributed by atoms with van der Waals surface area (Å²) < 4.78 is 39.4. The molecule has 0 saturated carbocycles. The fourth-order valence-electron chi connectivity index (χ4n) is 0.982. The van der Waals surface area contributed by atoms with Gasteiger partial charge < -0.3 is 4.74 Å². The lowest BCUT2D eigenvalue weighted by atomic mass is 10.2. The van der Waals surface area contributed by atoms with E-state index in [2.05, 4.69) is 4.74 Å². The summed E-state index contributed by atoms with van der Waals surface area (Å²) >= 11 is 5.59. The van der Waals surface area contributed by atoms with Crippen LogP contribution in [-0.2, 0) is 13.8 Å². The lowest BCUT2D eigenvalue weighted by Gasteiger charge is -2.05. The van der Waals surface area contributed by atoms with Crippen molar-refractivity contribution >= 4 is 37.3 Å². The molecule has 4 nitrogen and oxygen atoms in total. The number of methoxy groups -OCH3 is 1. The fraction of sp³-hybridized carbons (Fsp3) is 0.125. The first-order valence-corrected chi connectivity index (χ1v) is 6.48. The van der Waals surface area contributed by atoms with Crippen LogP contribution >= 0.6 is 22.3 Å². The third-order valence-corrected chi connectivity index (χ3v) is 3.34. The Labute approximate surface area is 100 Å². The highest BCUT2D eigenvalue weighted by atomic mass is 35.7. The van der Waals surface area contributed by atoms with Crippen LogP contribution in [0.3, 0.4) is 0 Å². The van der Waals surface area contributed by atoms with E-state index in [0.717, 1.165) is 13.2 Å². The van der Waals surface area contributed by atoms with Crippen molar-refractivity contribution in [3.05, 3.63) is 28.5 Å². The summed E-state index contributed by atoms with van der Waals surface area (Å²) in [6.45, 7) is 0. The molecule has 0 N–H and O–H groups in total. The number of carbonyl (C=O) groups is 1. The zero-order chi connectivity index (χ0) is 12.5. The molecule has 0 bridgehead atoms. The molecule has 16 heavy (non-hydrogen) atoms. The van der Waals surface area contributed by atoms with Crippen molar-refractivity contribution in [2.75, 3.05) is 7.11 Å². The molecular formula is C8H5Cl2FO4S. The van der Waals surface area contributed by atoms with Crippen molar-refractivity contribution in [2.45, 2.75) is 4.90 Å². The van der Waals surface area contributed by atoms with Gasteiger partial charge in [-0.05, 0) is 12.1 Å². The van der Waals surface area contributed by atoms with Crippen LogP contribution in [0.15, 0.2) is 17.0 Å². The minimum Gasteiger partial charge on any atom is -0.465 e. The molecule has 0 aliphatic rings. The number of hydrogen-bond donors (Lipinski definition) is 0. The van der Waals surface area contributed by atoms with Crippen LogP contribution in [0.1, 0.15) is 10.4 Å². The van der Waals surface area contributed by atoms with Crippen molar-refractivity contribution < 1.29 is 22.3 Å². The van der Waals surface area contributed by atoms with Crippen LogP contribution in [0.4, 0.5) is 4.39 Å². The molecule has 0 heterocycles. The molecule has 0 amide bonds. The molecule has 0 radical (unpaired) electrons. The molecule has 0 aromatic heterocycles. The minimum absolute atomic E-state index is 0.257. The first-order valence-electron chi connectivity index (χ1n) is 3.79. The number of rotatable bonds is 2. The summed E-state index contributed by atoms with van der Waals surface area (Å²) in [5, 5.41) is -0.257. The van der Waals surface area contributed by atoms with Gasteiger partial charge in [-0.3, -0.25) is 0 Å². The average Bonchev–Trinajstić information content (AvgIpc) is 2.18. The zero-order valence-electron chi connectivity index (χ0n) is 7.83. The maximum Gasteiger partial charge on any atom is 0.339 e. The van der Waals surface area contributed by atoms with Gasteiger partial charge in [-0.25, -0.2) is 17.6 Å². The van der Waals surface area contributed by atoms with Gasteiger partial charge in [0.1, 0.15) is 10.7 Å². The highest BCUT2D eigenvalue weighted by Gasteiger charge is 2.21. The summed E-state index contributed by atoms with van der Waals surface area (Å²) in [6.07, 6.45) is 0. The van der Waals surface area contributed by atoms with Crippen molar-refractivity contribution in [1.82, 2.24) is 0 Å². The molecule has 1 rings (SSSR count). The van der Waals surface area contributed by atoms with Crippen molar-refractivity contribution in [3.63, 3.8) is 0 Å². The van der Waals surface area contributed by atoms with Gasteiger partial charge >= 0.3 is 5.97 Å². The topological polar surface area (TPSA) is 60.4 Å². The Morgan fingerprint density at radius 2 is 2.00 bits per heavy atom. The molecule has 0 aliphatic carbocycles. The van der Waals surface area contributed by atoms with Gasteiger partial charge in [0, 0.05) is 10.7 Å². The molecule has 1 aromatic carbocycles. The molecule has 1 aromatic rings. The highest BCUT2D eigenvalue weighted by Crippen LogP contribution is 2.26. The van der Waals surface area contributed by atoms with Crippen molar-refractivity contribution in [3.8, 4) is 0 Å². The van der Waals surface area contributed by atoms with E-state index in [9.17, 15) is 17.6 Å². The second kappa shape index (κ2) is 4.57. The zero-order valence-corrected chi connectivity index (χ0v) is 10.2. The predicted octanol–water partition coefficient (Wildman–Crippen LogP) is 2.19. The second-order valence-corrected chi connectivity index (χ2v) is 5.63. The van der Waals surface area contributed by atoms with E-state index in [1.165, 1.54) is 0 Å². The Kier molecular flexibility index (Phi) is 3.77. The van der Waals surface area contributed by atoms with Gasteiger partial charge in [-0.1, -0.05) is 11.6 Å². The molecule has 0 fully saturated rings. The summed E-state index contributed by atoms with van der Waals surface area (Å²) in [6, 6.07) is 1.41. The SMILES string of the molecule is COC(=O)c1cc(F)c(S(=O)(=O)Cl)cc1Cl. The van der Waals surface area contributed by atoms with Gasteiger partial charge in [0.05, 0.1) is 17.7 Å². The Bertz CT molecular complexity index is 541. The molecule has 0 spiro atoms. The van der Waals surface area contributed by atoms with Crippen LogP contribution in [0.5, 0.6) is 0 Å². The van der Waals surface area contributed by atoms with Gasteiger partial charge in [-0.15, -0.1) is 0 Å².